The molecule has 1 aromatic rings. The lowest BCUT2D eigenvalue weighted by atomic mass is 9.48. The number of hydrogen-bond donors (Lipinski definition) is 1. The SMILES string of the molecule is CCOc1ccc(OCC(=O)OCC(=O)N[C@@H](C)C23CC4CC(CC(C4)C2)C3)cc1. The van der Waals surface area contributed by atoms with Gasteiger partial charge >= 0.3 is 5.97 Å². The third kappa shape index (κ3) is 4.73. The Kier molecular flexibility index (Phi) is 6.21. The fraction of sp³-hybridized carbons (Fsp3) is 0.667. The maximum absolute atomic E-state index is 12.4. The zero-order valence-electron chi connectivity index (χ0n) is 18.0. The molecule has 0 aliphatic heterocycles. The highest BCUT2D eigenvalue weighted by atomic mass is 16.6. The topological polar surface area (TPSA) is 73.9 Å². The predicted octanol–water partition coefficient (Wildman–Crippen LogP) is 3.73. The van der Waals surface area contributed by atoms with Crippen LogP contribution in [0.1, 0.15) is 52.4 Å². The first-order valence-corrected chi connectivity index (χ1v) is 11.3. The van der Waals surface area contributed by atoms with Crippen molar-refractivity contribution >= 4 is 11.9 Å². The quantitative estimate of drug-likeness (QED) is 0.622. The molecule has 1 aromatic carbocycles. The summed E-state index contributed by atoms with van der Waals surface area (Å²) < 4.78 is 15.9. The first-order chi connectivity index (χ1) is 14.5. The molecule has 0 heterocycles. The predicted molar refractivity (Wildman–Crippen MR) is 112 cm³/mol. The Bertz CT molecular complexity index is 724. The van der Waals surface area contributed by atoms with Crippen LogP contribution in [-0.2, 0) is 14.3 Å². The van der Waals surface area contributed by atoms with Crippen molar-refractivity contribution in [2.24, 2.45) is 23.2 Å². The molecule has 1 amide bonds. The molecule has 30 heavy (non-hydrogen) atoms. The summed E-state index contributed by atoms with van der Waals surface area (Å²) in [6.07, 6.45) is 7.84. The maximum Gasteiger partial charge on any atom is 0.344 e. The molecule has 0 saturated heterocycles. The van der Waals surface area contributed by atoms with E-state index in [1.54, 1.807) is 24.3 Å². The monoisotopic (exact) mass is 415 g/mol. The van der Waals surface area contributed by atoms with E-state index in [0.717, 1.165) is 23.5 Å². The van der Waals surface area contributed by atoms with Gasteiger partial charge in [0, 0.05) is 6.04 Å². The van der Waals surface area contributed by atoms with E-state index in [4.69, 9.17) is 14.2 Å². The van der Waals surface area contributed by atoms with Gasteiger partial charge in [0.2, 0.25) is 0 Å². The molecule has 6 heteroatoms. The van der Waals surface area contributed by atoms with Gasteiger partial charge in [0.1, 0.15) is 11.5 Å². The molecule has 1 N–H and O–H groups in total. The molecular formula is C24H33NO5. The van der Waals surface area contributed by atoms with E-state index < -0.39 is 5.97 Å². The van der Waals surface area contributed by atoms with Gasteiger partial charge in [-0.05, 0) is 99.8 Å². The van der Waals surface area contributed by atoms with E-state index in [-0.39, 0.29) is 30.6 Å². The van der Waals surface area contributed by atoms with Crippen LogP contribution in [0.3, 0.4) is 0 Å². The van der Waals surface area contributed by atoms with E-state index in [2.05, 4.69) is 12.2 Å². The van der Waals surface area contributed by atoms with Crippen molar-refractivity contribution in [1.29, 1.82) is 0 Å². The van der Waals surface area contributed by atoms with Crippen molar-refractivity contribution in [1.82, 2.24) is 5.32 Å². The van der Waals surface area contributed by atoms with Crippen molar-refractivity contribution in [3.05, 3.63) is 24.3 Å². The van der Waals surface area contributed by atoms with Crippen molar-refractivity contribution < 1.29 is 23.8 Å². The summed E-state index contributed by atoms with van der Waals surface area (Å²) in [4.78, 5) is 24.3. The summed E-state index contributed by atoms with van der Waals surface area (Å²) in [5, 5.41) is 3.11. The van der Waals surface area contributed by atoms with Gasteiger partial charge in [-0.25, -0.2) is 4.79 Å². The van der Waals surface area contributed by atoms with Gasteiger partial charge < -0.3 is 19.5 Å². The van der Waals surface area contributed by atoms with Crippen LogP contribution >= 0.6 is 0 Å². The molecule has 0 aromatic heterocycles. The molecular weight excluding hydrogens is 382 g/mol. The minimum atomic E-state index is -0.554. The van der Waals surface area contributed by atoms with Crippen LogP contribution in [-0.4, -0.2) is 37.7 Å². The molecule has 5 rings (SSSR count). The summed E-state index contributed by atoms with van der Waals surface area (Å²) in [7, 11) is 0. The number of carbonyl (C=O) groups excluding carboxylic acids is 2. The average molecular weight is 416 g/mol. The highest BCUT2D eigenvalue weighted by molar-refractivity contribution is 5.81. The van der Waals surface area contributed by atoms with Gasteiger partial charge in [-0.2, -0.15) is 0 Å². The zero-order valence-corrected chi connectivity index (χ0v) is 18.0. The summed E-state index contributed by atoms with van der Waals surface area (Å²) in [5.74, 6) is 3.04. The van der Waals surface area contributed by atoms with Crippen LogP contribution in [0.5, 0.6) is 11.5 Å². The fourth-order valence-corrected chi connectivity index (χ4v) is 6.27. The number of carbonyl (C=O) groups is 2. The number of hydrogen-bond acceptors (Lipinski definition) is 5. The van der Waals surface area contributed by atoms with Gasteiger partial charge in [-0.1, -0.05) is 0 Å². The van der Waals surface area contributed by atoms with Gasteiger partial charge in [-0.3, -0.25) is 4.79 Å². The van der Waals surface area contributed by atoms with Crippen LogP contribution in [0.25, 0.3) is 0 Å². The number of amides is 1. The molecule has 4 fully saturated rings. The normalized spacial score (nSPS) is 29.9. The number of rotatable bonds is 9. The molecule has 4 aliphatic carbocycles. The zero-order chi connectivity index (χ0) is 21.1. The number of nitrogens with one attached hydrogen (secondary N) is 1. The van der Waals surface area contributed by atoms with E-state index >= 15 is 0 Å². The molecule has 4 aliphatic rings. The second-order valence-electron chi connectivity index (χ2n) is 9.42. The third-order valence-corrected chi connectivity index (χ3v) is 7.24. The summed E-state index contributed by atoms with van der Waals surface area (Å²) >= 11 is 0. The molecule has 4 bridgehead atoms. The average Bonchev–Trinajstić information content (AvgIpc) is 2.71. The van der Waals surface area contributed by atoms with Crippen LogP contribution in [0.15, 0.2) is 24.3 Å². The van der Waals surface area contributed by atoms with Crippen molar-refractivity contribution in [3.63, 3.8) is 0 Å². The number of esters is 1. The minimum Gasteiger partial charge on any atom is -0.494 e. The van der Waals surface area contributed by atoms with Crippen molar-refractivity contribution in [3.8, 4) is 11.5 Å². The molecule has 6 nitrogen and oxygen atoms in total. The van der Waals surface area contributed by atoms with Gasteiger partial charge in [0.05, 0.1) is 6.61 Å². The van der Waals surface area contributed by atoms with Crippen LogP contribution in [0.4, 0.5) is 0 Å². The Morgan fingerprint density at radius 2 is 1.50 bits per heavy atom. The Hall–Kier alpha value is -2.24. The summed E-state index contributed by atoms with van der Waals surface area (Å²) in [6, 6.07) is 7.15. The minimum absolute atomic E-state index is 0.122. The molecule has 0 radical (unpaired) electrons. The smallest absolute Gasteiger partial charge is 0.344 e. The van der Waals surface area contributed by atoms with Crippen LogP contribution < -0.4 is 14.8 Å². The van der Waals surface area contributed by atoms with Crippen molar-refractivity contribution in [2.45, 2.75) is 58.4 Å². The maximum atomic E-state index is 12.4. The largest absolute Gasteiger partial charge is 0.494 e. The summed E-state index contributed by atoms with van der Waals surface area (Å²) in [6.45, 7) is 4.15. The van der Waals surface area contributed by atoms with Crippen LogP contribution in [0, 0.1) is 23.2 Å². The molecule has 0 unspecified atom stereocenters. The molecule has 0 spiro atoms. The highest BCUT2D eigenvalue weighted by Gasteiger charge is 2.53. The Balaban J connectivity index is 1.19. The van der Waals surface area contributed by atoms with Gasteiger partial charge in [-0.15, -0.1) is 0 Å². The fourth-order valence-electron chi connectivity index (χ4n) is 6.27. The first-order valence-electron chi connectivity index (χ1n) is 11.3. The lowest BCUT2D eigenvalue weighted by molar-refractivity contribution is -0.151. The van der Waals surface area contributed by atoms with E-state index in [1.807, 2.05) is 6.92 Å². The number of ether oxygens (including phenoxy) is 3. The molecule has 4 saturated carbocycles. The van der Waals surface area contributed by atoms with Crippen LogP contribution in [0.2, 0.25) is 0 Å². The Labute approximate surface area is 178 Å². The summed E-state index contributed by atoms with van der Waals surface area (Å²) in [5.41, 5.74) is 0.241. The second-order valence-corrected chi connectivity index (χ2v) is 9.42. The van der Waals surface area contributed by atoms with E-state index in [9.17, 15) is 9.59 Å². The first kappa shape index (κ1) is 21.0. The van der Waals surface area contributed by atoms with E-state index in [0.29, 0.717) is 12.4 Å². The van der Waals surface area contributed by atoms with Gasteiger partial charge in [0.25, 0.3) is 5.91 Å². The van der Waals surface area contributed by atoms with E-state index in [1.165, 1.54) is 38.5 Å². The van der Waals surface area contributed by atoms with Gasteiger partial charge in [0.15, 0.2) is 13.2 Å². The standard InChI is InChI=1S/C24H33NO5/c1-3-28-20-4-6-21(7-5-20)29-15-23(27)30-14-22(26)25-16(2)24-11-17-8-18(12-24)10-19(9-17)13-24/h4-7,16-19H,3,8-15H2,1-2H3,(H,25,26)/t16-,17?,18?,19?,24?/m0/s1. The number of benzene rings is 1. The second kappa shape index (κ2) is 8.86. The lowest BCUT2D eigenvalue weighted by Crippen LogP contribution is -2.56. The lowest BCUT2D eigenvalue weighted by Gasteiger charge is -2.59. The van der Waals surface area contributed by atoms with Crippen molar-refractivity contribution in [2.75, 3.05) is 19.8 Å². The third-order valence-electron chi connectivity index (χ3n) is 7.24. The highest BCUT2D eigenvalue weighted by Crippen LogP contribution is 2.61. The Morgan fingerprint density at radius 3 is 2.03 bits per heavy atom. The molecule has 1 atom stereocenters. The Morgan fingerprint density at radius 1 is 0.967 bits per heavy atom. The molecule has 164 valence electrons.